The van der Waals surface area contributed by atoms with Crippen molar-refractivity contribution in [2.75, 3.05) is 6.61 Å². The summed E-state index contributed by atoms with van der Waals surface area (Å²) in [7, 11) is -4.48. The average Bonchev–Trinajstić information content (AvgIpc) is 2.63. The minimum atomic E-state index is -4.48. The lowest BCUT2D eigenvalue weighted by atomic mass is 9.69. The summed E-state index contributed by atoms with van der Waals surface area (Å²) in [6.45, 7) is -0.654. The first-order valence-corrected chi connectivity index (χ1v) is 10.3. The summed E-state index contributed by atoms with van der Waals surface area (Å²) >= 11 is 5.84. The van der Waals surface area contributed by atoms with E-state index in [9.17, 15) is 27.1 Å². The average molecular weight is 429 g/mol. The zero-order valence-corrected chi connectivity index (χ0v) is 16.0. The summed E-state index contributed by atoms with van der Waals surface area (Å²) < 4.78 is 59.7. The van der Waals surface area contributed by atoms with Crippen molar-refractivity contribution in [2.45, 2.75) is 34.5 Å². The highest BCUT2D eigenvalue weighted by Crippen LogP contribution is 2.57. The van der Waals surface area contributed by atoms with Gasteiger partial charge in [-0.05, 0) is 42.8 Å². The molecule has 1 saturated carbocycles. The molecule has 0 aromatic heterocycles. The highest BCUT2D eigenvalue weighted by atomic mass is 35.5. The summed E-state index contributed by atoms with van der Waals surface area (Å²) in [6, 6.07) is 6.78. The fraction of sp³-hybridized carbons (Fsp3) is 0.316. The first-order valence-electron chi connectivity index (χ1n) is 8.48. The quantitative estimate of drug-likeness (QED) is 0.794. The van der Waals surface area contributed by atoms with E-state index < -0.39 is 62.6 Å². The number of aliphatic hydroxyl groups is 1. The molecule has 1 fully saturated rings. The van der Waals surface area contributed by atoms with Gasteiger partial charge < -0.3 is 9.84 Å². The first kappa shape index (κ1) is 19.3. The summed E-state index contributed by atoms with van der Waals surface area (Å²) in [5.41, 5.74) is -2.83. The Labute approximate surface area is 164 Å². The van der Waals surface area contributed by atoms with E-state index in [0.717, 1.165) is 12.1 Å². The molecule has 2 aromatic rings. The first-order chi connectivity index (χ1) is 13.1. The van der Waals surface area contributed by atoms with Crippen LogP contribution in [0.3, 0.4) is 0 Å². The Hall–Kier alpha value is -2.03. The molecule has 9 heteroatoms. The molecule has 1 heterocycles. The van der Waals surface area contributed by atoms with Gasteiger partial charge in [-0.2, -0.15) is 0 Å². The van der Waals surface area contributed by atoms with Crippen LogP contribution in [-0.2, 0) is 19.4 Å². The molecule has 5 nitrogen and oxygen atoms in total. The summed E-state index contributed by atoms with van der Waals surface area (Å²) in [4.78, 5) is 11.8. The lowest BCUT2D eigenvalue weighted by Crippen LogP contribution is -2.65. The molecule has 1 N–H and O–H groups in total. The number of ether oxygens (including phenoxy) is 1. The van der Waals surface area contributed by atoms with Gasteiger partial charge >= 0.3 is 0 Å². The van der Waals surface area contributed by atoms with Gasteiger partial charge in [-0.15, -0.1) is 0 Å². The van der Waals surface area contributed by atoms with Crippen LogP contribution >= 0.6 is 11.6 Å². The van der Waals surface area contributed by atoms with E-state index in [4.69, 9.17) is 16.3 Å². The lowest BCUT2D eigenvalue weighted by molar-refractivity contribution is -0.137. The Bertz CT molecular complexity index is 1090. The normalized spacial score (nSPS) is 26.9. The molecule has 148 valence electrons. The predicted octanol–water partition coefficient (Wildman–Crippen LogP) is 3.16. The zero-order valence-electron chi connectivity index (χ0n) is 14.4. The van der Waals surface area contributed by atoms with Crippen molar-refractivity contribution >= 4 is 27.2 Å². The Balaban J connectivity index is 2.09. The van der Waals surface area contributed by atoms with Crippen molar-refractivity contribution in [3.8, 4) is 5.75 Å². The molecule has 0 spiro atoms. The second-order valence-electron chi connectivity index (χ2n) is 7.05. The molecule has 0 unspecified atom stereocenters. The third-order valence-electron chi connectivity index (χ3n) is 5.50. The number of hydrogen-bond donors (Lipinski definition) is 1. The lowest BCUT2D eigenvalue weighted by Gasteiger charge is -2.51. The summed E-state index contributed by atoms with van der Waals surface area (Å²) in [6.07, 6.45) is -1.15. The van der Waals surface area contributed by atoms with Gasteiger partial charge in [0.05, 0.1) is 10.5 Å². The van der Waals surface area contributed by atoms with Crippen LogP contribution in [0.15, 0.2) is 41.3 Å². The molecule has 0 radical (unpaired) electrons. The van der Waals surface area contributed by atoms with Gasteiger partial charge in [-0.25, -0.2) is 17.2 Å². The standard InChI is InChI=1S/C19H15ClF2O5S/c20-11-1-3-13(4-2-11)28(25,26)19-8-7-12(23)9-18(19,24)10-27-17-15(22)6-5-14(21)16(17)19/h1-6,24H,7-10H2/t18-,19-/m1/s1. The number of carbonyl (C=O) groups excluding carboxylic acids is 1. The fourth-order valence-corrected chi connectivity index (χ4v) is 6.69. The van der Waals surface area contributed by atoms with E-state index in [0.29, 0.717) is 0 Å². The van der Waals surface area contributed by atoms with Gasteiger partial charge in [0.2, 0.25) is 0 Å². The zero-order chi connectivity index (χ0) is 20.3. The van der Waals surface area contributed by atoms with Crippen LogP contribution in [0.2, 0.25) is 5.02 Å². The van der Waals surface area contributed by atoms with E-state index in [1.165, 1.54) is 24.3 Å². The smallest absolute Gasteiger partial charge is 0.191 e. The molecular weight excluding hydrogens is 414 g/mol. The summed E-state index contributed by atoms with van der Waals surface area (Å²) in [5, 5.41) is 11.6. The van der Waals surface area contributed by atoms with Crippen molar-refractivity contribution in [3.63, 3.8) is 0 Å². The van der Waals surface area contributed by atoms with E-state index in [2.05, 4.69) is 0 Å². The van der Waals surface area contributed by atoms with Crippen molar-refractivity contribution < 1.29 is 31.8 Å². The van der Waals surface area contributed by atoms with E-state index in [1.807, 2.05) is 0 Å². The number of carbonyl (C=O) groups is 1. The Morgan fingerprint density at radius 1 is 1.07 bits per heavy atom. The largest absolute Gasteiger partial charge is 0.487 e. The third kappa shape index (κ3) is 2.44. The molecule has 2 aliphatic rings. The topological polar surface area (TPSA) is 80.7 Å². The van der Waals surface area contributed by atoms with Crippen LogP contribution in [0, 0.1) is 11.6 Å². The Morgan fingerprint density at radius 3 is 2.39 bits per heavy atom. The van der Waals surface area contributed by atoms with Gasteiger partial charge in [0, 0.05) is 17.9 Å². The molecule has 0 bridgehead atoms. The van der Waals surface area contributed by atoms with Crippen LogP contribution in [0.5, 0.6) is 5.75 Å². The maximum Gasteiger partial charge on any atom is 0.191 e. The van der Waals surface area contributed by atoms with Crippen molar-refractivity contribution in [1.29, 1.82) is 0 Å². The van der Waals surface area contributed by atoms with Gasteiger partial charge in [-0.3, -0.25) is 4.79 Å². The van der Waals surface area contributed by atoms with Gasteiger partial charge in [0.1, 0.15) is 28.6 Å². The molecule has 2 atom stereocenters. The second-order valence-corrected chi connectivity index (χ2v) is 9.67. The Kier molecular flexibility index (Phi) is 4.30. The number of ketones is 1. The molecule has 28 heavy (non-hydrogen) atoms. The maximum atomic E-state index is 14.9. The van der Waals surface area contributed by atoms with Crippen molar-refractivity contribution in [2.24, 2.45) is 0 Å². The van der Waals surface area contributed by atoms with Crippen LogP contribution < -0.4 is 4.74 Å². The van der Waals surface area contributed by atoms with Gasteiger partial charge in [0.25, 0.3) is 0 Å². The molecular formula is C19H15ClF2O5S. The predicted molar refractivity (Wildman–Crippen MR) is 96.0 cm³/mol. The number of hydrogen-bond acceptors (Lipinski definition) is 5. The van der Waals surface area contributed by atoms with Crippen LogP contribution in [0.1, 0.15) is 24.8 Å². The number of halogens is 3. The SMILES string of the molecule is O=C1CC[C@@]2(S(=O)(=O)c3ccc(Cl)cc3)c3c(F)ccc(F)c3OC[C@]2(O)C1. The van der Waals surface area contributed by atoms with E-state index in [-0.39, 0.29) is 22.1 Å². The molecule has 0 amide bonds. The number of benzene rings is 2. The molecule has 2 aromatic carbocycles. The van der Waals surface area contributed by atoms with Gasteiger partial charge in [-0.1, -0.05) is 11.6 Å². The number of sulfone groups is 1. The summed E-state index contributed by atoms with van der Waals surface area (Å²) in [5.74, 6) is -2.91. The minimum absolute atomic E-state index is 0.204. The van der Waals surface area contributed by atoms with Crippen LogP contribution in [0.4, 0.5) is 8.78 Å². The molecule has 4 rings (SSSR count). The van der Waals surface area contributed by atoms with Crippen LogP contribution in [0.25, 0.3) is 0 Å². The number of Topliss-reactive ketones (excluding diaryl/α,β-unsaturated/α-hetero) is 1. The number of fused-ring (bicyclic) bond motifs is 3. The monoisotopic (exact) mass is 428 g/mol. The molecule has 1 aliphatic heterocycles. The molecule has 1 aliphatic carbocycles. The number of rotatable bonds is 2. The van der Waals surface area contributed by atoms with Crippen molar-refractivity contribution in [3.05, 3.63) is 58.6 Å². The fourth-order valence-electron chi connectivity index (χ4n) is 4.21. The third-order valence-corrected chi connectivity index (χ3v) is 8.35. The van der Waals surface area contributed by atoms with E-state index in [1.54, 1.807) is 0 Å². The van der Waals surface area contributed by atoms with E-state index >= 15 is 0 Å². The van der Waals surface area contributed by atoms with Crippen molar-refractivity contribution in [1.82, 2.24) is 0 Å². The van der Waals surface area contributed by atoms with Gasteiger partial charge in [0.15, 0.2) is 21.4 Å². The Morgan fingerprint density at radius 2 is 1.71 bits per heavy atom. The highest BCUT2D eigenvalue weighted by Gasteiger charge is 2.67. The molecule has 0 saturated heterocycles. The highest BCUT2D eigenvalue weighted by molar-refractivity contribution is 7.92. The minimum Gasteiger partial charge on any atom is -0.487 e. The maximum absolute atomic E-state index is 14.9. The van der Waals surface area contributed by atoms with Crippen LogP contribution in [-0.4, -0.2) is 31.5 Å². The second kappa shape index (κ2) is 6.23.